The number of anilines is 1. The van der Waals surface area contributed by atoms with Crippen LogP contribution < -0.4 is 15.0 Å². The van der Waals surface area contributed by atoms with E-state index in [4.69, 9.17) is 0 Å². The fourth-order valence-corrected chi connectivity index (χ4v) is 5.57. The number of nitrogens with one attached hydrogen (secondary N) is 1. The molecule has 0 aliphatic carbocycles. The summed E-state index contributed by atoms with van der Waals surface area (Å²) in [6, 6.07) is 13.5. The van der Waals surface area contributed by atoms with E-state index in [0.717, 1.165) is 24.3 Å². The molecule has 0 aromatic heterocycles. The van der Waals surface area contributed by atoms with Gasteiger partial charge in [-0.3, -0.25) is 29.8 Å². The lowest BCUT2D eigenvalue weighted by Gasteiger charge is -2.31. The molecule has 2 aliphatic rings. The summed E-state index contributed by atoms with van der Waals surface area (Å²) in [5, 5.41) is 34.4. The van der Waals surface area contributed by atoms with Crippen LogP contribution >= 0.6 is 0 Å². The van der Waals surface area contributed by atoms with Gasteiger partial charge in [0, 0.05) is 24.6 Å². The summed E-state index contributed by atoms with van der Waals surface area (Å²) in [6.07, 6.45) is -5.37. The summed E-state index contributed by atoms with van der Waals surface area (Å²) in [5.41, 5.74) is -2.27. The molecule has 4 unspecified atom stereocenters. The number of carbonyl (C=O) groups excluding carboxylic acids is 2. The lowest BCUT2D eigenvalue weighted by Crippen LogP contribution is -2.57. The van der Waals surface area contributed by atoms with E-state index in [1.165, 1.54) is 48.5 Å². The van der Waals surface area contributed by atoms with Crippen LogP contribution in [0.4, 0.5) is 24.5 Å². The molecule has 0 saturated carbocycles. The van der Waals surface area contributed by atoms with E-state index in [0.29, 0.717) is 10.5 Å². The maximum absolute atomic E-state index is 13.9. The van der Waals surface area contributed by atoms with Crippen molar-refractivity contribution in [2.45, 2.75) is 24.4 Å². The maximum Gasteiger partial charge on any atom is 0.573 e. The van der Waals surface area contributed by atoms with E-state index in [1.54, 1.807) is 0 Å². The van der Waals surface area contributed by atoms with Gasteiger partial charge in [-0.1, -0.05) is 30.3 Å². The number of carboxylic acid groups (broad SMARTS) is 1. The number of benzene rings is 3. The quantitative estimate of drug-likeness (QED) is 0.218. The average Bonchev–Trinajstić information content (AvgIpc) is 3.38. The van der Waals surface area contributed by atoms with E-state index in [1.807, 2.05) is 0 Å². The molecule has 2 saturated heterocycles. The second-order valence-electron chi connectivity index (χ2n) is 9.65. The van der Waals surface area contributed by atoms with E-state index in [-0.39, 0.29) is 23.4 Å². The minimum atomic E-state index is -5.02. The van der Waals surface area contributed by atoms with Crippen molar-refractivity contribution in [3.05, 3.63) is 94.0 Å². The van der Waals surface area contributed by atoms with E-state index >= 15 is 0 Å². The molecular formula is C27H20F3N3O8. The normalized spacial score (nSPS) is 23.9. The number of hydrogen-bond acceptors (Lipinski definition) is 8. The minimum Gasteiger partial charge on any atom is -0.508 e. The van der Waals surface area contributed by atoms with Crippen molar-refractivity contribution >= 4 is 29.2 Å². The molecule has 2 fully saturated rings. The fourth-order valence-electron chi connectivity index (χ4n) is 5.57. The van der Waals surface area contributed by atoms with E-state index < -0.39 is 63.9 Å². The Balaban J connectivity index is 1.65. The highest BCUT2D eigenvalue weighted by Crippen LogP contribution is 2.51. The predicted molar refractivity (Wildman–Crippen MR) is 134 cm³/mol. The number of carbonyl (C=O) groups is 3. The van der Waals surface area contributed by atoms with Gasteiger partial charge in [-0.05, 0) is 41.5 Å². The third kappa shape index (κ3) is 4.93. The van der Waals surface area contributed by atoms with Gasteiger partial charge in [0.15, 0.2) is 0 Å². The summed E-state index contributed by atoms with van der Waals surface area (Å²) < 4.78 is 42.8. The van der Waals surface area contributed by atoms with Crippen LogP contribution in [0.3, 0.4) is 0 Å². The first-order valence-electron chi connectivity index (χ1n) is 12.1. The monoisotopic (exact) mass is 571 g/mol. The Labute approximate surface area is 228 Å². The van der Waals surface area contributed by atoms with Crippen LogP contribution in [0.25, 0.3) is 0 Å². The molecule has 41 heavy (non-hydrogen) atoms. The largest absolute Gasteiger partial charge is 0.573 e. The number of alkyl halides is 3. The number of carboxylic acids is 1. The minimum absolute atomic E-state index is 0.0534. The fraction of sp³-hybridized carbons (Fsp3) is 0.222. The third-order valence-electron chi connectivity index (χ3n) is 7.20. The second-order valence-corrected chi connectivity index (χ2v) is 9.65. The molecule has 5 rings (SSSR count). The number of nitro benzene ring substituents is 1. The van der Waals surface area contributed by atoms with Crippen molar-refractivity contribution in [2.75, 3.05) is 4.90 Å². The number of halogens is 3. The zero-order valence-corrected chi connectivity index (χ0v) is 20.7. The Morgan fingerprint density at radius 1 is 1.05 bits per heavy atom. The molecule has 212 valence electrons. The van der Waals surface area contributed by atoms with Gasteiger partial charge in [-0.2, -0.15) is 0 Å². The van der Waals surface area contributed by atoms with Crippen LogP contribution in [-0.2, 0) is 20.8 Å². The van der Waals surface area contributed by atoms with Gasteiger partial charge in [0.05, 0.1) is 22.4 Å². The highest BCUT2D eigenvalue weighted by Gasteiger charge is 2.68. The number of phenolic OH excluding ortho intramolecular Hbond substituents is 1. The van der Waals surface area contributed by atoms with Crippen molar-refractivity contribution in [3.8, 4) is 11.5 Å². The second kappa shape index (κ2) is 9.89. The van der Waals surface area contributed by atoms with Crippen LogP contribution in [-0.4, -0.2) is 44.8 Å². The molecule has 0 spiro atoms. The number of fused-ring (bicyclic) bond motifs is 1. The smallest absolute Gasteiger partial charge is 0.508 e. The summed E-state index contributed by atoms with van der Waals surface area (Å²) in [4.78, 5) is 52.0. The van der Waals surface area contributed by atoms with Crippen LogP contribution in [0.15, 0.2) is 72.8 Å². The molecule has 3 aromatic carbocycles. The number of aliphatic carboxylic acids is 1. The topological polar surface area (TPSA) is 159 Å². The SMILES string of the molecule is O=C1C2C(c3cccc(OC(F)(F)F)c3)NC(Cc3ccc(O)cc3)(C(=O)O)C2C(=O)N1c1cccc([N+](=O)[O-])c1. The van der Waals surface area contributed by atoms with Crippen molar-refractivity contribution in [1.82, 2.24) is 5.32 Å². The Bertz CT molecular complexity index is 1560. The van der Waals surface area contributed by atoms with Crippen LogP contribution in [0.1, 0.15) is 17.2 Å². The molecule has 2 amide bonds. The number of non-ortho nitro benzene ring substituents is 1. The maximum atomic E-state index is 13.9. The highest BCUT2D eigenvalue weighted by atomic mass is 19.4. The summed E-state index contributed by atoms with van der Waals surface area (Å²) in [5.74, 6) is -7.01. The van der Waals surface area contributed by atoms with Crippen molar-refractivity contribution in [1.29, 1.82) is 0 Å². The van der Waals surface area contributed by atoms with E-state index in [9.17, 15) is 47.9 Å². The number of nitrogens with zero attached hydrogens (tertiary/aromatic N) is 2. The lowest BCUT2D eigenvalue weighted by atomic mass is 9.76. The number of rotatable bonds is 7. The molecule has 14 heteroatoms. The van der Waals surface area contributed by atoms with Gasteiger partial charge < -0.3 is 14.9 Å². The first kappa shape index (κ1) is 27.6. The number of ether oxygens (including phenoxy) is 1. The molecule has 3 aromatic rings. The number of aromatic hydroxyl groups is 1. The summed E-state index contributed by atoms with van der Waals surface area (Å²) in [7, 11) is 0. The molecule has 2 heterocycles. The number of amides is 2. The van der Waals surface area contributed by atoms with Gasteiger partial charge in [-0.15, -0.1) is 13.2 Å². The zero-order chi connectivity index (χ0) is 29.7. The highest BCUT2D eigenvalue weighted by molar-refractivity contribution is 6.24. The van der Waals surface area contributed by atoms with Gasteiger partial charge in [-0.25, -0.2) is 4.90 Å². The summed E-state index contributed by atoms with van der Waals surface area (Å²) >= 11 is 0. The van der Waals surface area contributed by atoms with E-state index in [2.05, 4.69) is 10.1 Å². The standard InChI is InChI=1S/C27H20F3N3O8/c28-27(29,30)41-19-6-1-3-15(11-19)22-20-21(26(31-22,25(37)38)13-14-7-9-18(34)10-8-14)24(36)32(23(20)35)16-4-2-5-17(12-16)33(39)40/h1-12,20-22,31,34H,13H2,(H,37,38). The van der Waals surface area contributed by atoms with Crippen molar-refractivity contribution < 1.29 is 47.4 Å². The van der Waals surface area contributed by atoms with Gasteiger partial charge in [0.25, 0.3) is 5.69 Å². The Morgan fingerprint density at radius 3 is 2.37 bits per heavy atom. The molecular weight excluding hydrogens is 551 g/mol. The number of imide groups is 1. The zero-order valence-electron chi connectivity index (χ0n) is 20.7. The molecule has 4 atom stereocenters. The molecule has 3 N–H and O–H groups in total. The first-order chi connectivity index (χ1) is 19.3. The Hall–Kier alpha value is -4.98. The molecule has 2 aliphatic heterocycles. The number of phenols is 1. The van der Waals surface area contributed by atoms with Crippen molar-refractivity contribution in [2.24, 2.45) is 11.8 Å². The lowest BCUT2D eigenvalue weighted by molar-refractivity contribution is -0.384. The van der Waals surface area contributed by atoms with Crippen molar-refractivity contribution in [3.63, 3.8) is 0 Å². The van der Waals surface area contributed by atoms with Crippen LogP contribution in [0.5, 0.6) is 11.5 Å². The van der Waals surface area contributed by atoms with Gasteiger partial charge in [0.1, 0.15) is 17.0 Å². The molecule has 11 nitrogen and oxygen atoms in total. The van der Waals surface area contributed by atoms with Crippen LogP contribution in [0.2, 0.25) is 0 Å². The average molecular weight is 571 g/mol. The first-order valence-corrected chi connectivity index (χ1v) is 12.1. The Morgan fingerprint density at radius 2 is 1.73 bits per heavy atom. The Kier molecular flexibility index (Phi) is 6.65. The van der Waals surface area contributed by atoms with Gasteiger partial charge in [0.2, 0.25) is 11.8 Å². The predicted octanol–water partition coefficient (Wildman–Crippen LogP) is 3.72. The molecule has 0 radical (unpaired) electrons. The summed E-state index contributed by atoms with van der Waals surface area (Å²) in [6.45, 7) is 0. The molecule has 0 bridgehead atoms. The number of nitro groups is 1. The van der Waals surface area contributed by atoms with Gasteiger partial charge >= 0.3 is 12.3 Å². The number of hydrogen-bond donors (Lipinski definition) is 3. The third-order valence-corrected chi connectivity index (χ3v) is 7.20. The van der Waals surface area contributed by atoms with Crippen LogP contribution in [0, 0.1) is 22.0 Å².